The van der Waals surface area contributed by atoms with Crippen LogP contribution in [0.2, 0.25) is 0 Å². The molecule has 0 spiro atoms. The lowest BCUT2D eigenvalue weighted by atomic mass is 10.1. The van der Waals surface area contributed by atoms with Crippen molar-refractivity contribution in [1.82, 2.24) is 19.9 Å². The number of pyridine rings is 1. The van der Waals surface area contributed by atoms with Gasteiger partial charge in [-0.3, -0.25) is 9.78 Å². The molecule has 1 fully saturated rings. The standard InChI is InChI=1S/C17H19N5OS/c1-2-21-7-9-22(10-8-21)17-19-15-14(16(23)20-17)12(5-6-18-15)13-4-3-11-24-13/h3-6,11H,2,7-10H2,1H3,(H,18,19,20,23). The van der Waals surface area contributed by atoms with E-state index < -0.39 is 0 Å². The molecule has 0 aliphatic carbocycles. The fourth-order valence-corrected chi connectivity index (χ4v) is 3.87. The second kappa shape index (κ2) is 6.33. The van der Waals surface area contributed by atoms with Gasteiger partial charge in [-0.05, 0) is 24.1 Å². The minimum absolute atomic E-state index is 0.121. The molecule has 0 aromatic carbocycles. The Morgan fingerprint density at radius 3 is 2.79 bits per heavy atom. The molecule has 1 N–H and O–H groups in total. The normalized spacial score (nSPS) is 16.0. The second-order valence-corrected chi connectivity index (χ2v) is 6.79. The van der Waals surface area contributed by atoms with Crippen molar-refractivity contribution in [2.24, 2.45) is 0 Å². The lowest BCUT2D eigenvalue weighted by molar-refractivity contribution is 0.270. The van der Waals surface area contributed by atoms with Gasteiger partial charge in [0.25, 0.3) is 5.56 Å². The number of aromatic nitrogens is 3. The van der Waals surface area contributed by atoms with Gasteiger partial charge in [0.05, 0.1) is 5.39 Å². The van der Waals surface area contributed by atoms with E-state index in [9.17, 15) is 4.79 Å². The third-order valence-corrected chi connectivity index (χ3v) is 5.40. The summed E-state index contributed by atoms with van der Waals surface area (Å²) in [5, 5.41) is 2.57. The number of nitrogens with zero attached hydrogens (tertiary/aromatic N) is 4. The van der Waals surface area contributed by atoms with Crippen LogP contribution in [0.25, 0.3) is 21.5 Å². The van der Waals surface area contributed by atoms with Crippen molar-refractivity contribution in [3.8, 4) is 10.4 Å². The van der Waals surface area contributed by atoms with Crippen LogP contribution in [0.15, 0.2) is 34.6 Å². The van der Waals surface area contributed by atoms with Crippen molar-refractivity contribution in [3.05, 3.63) is 40.1 Å². The van der Waals surface area contributed by atoms with Gasteiger partial charge in [-0.2, -0.15) is 4.98 Å². The van der Waals surface area contributed by atoms with Gasteiger partial charge in [0.2, 0.25) is 5.95 Å². The van der Waals surface area contributed by atoms with Gasteiger partial charge >= 0.3 is 0 Å². The summed E-state index contributed by atoms with van der Waals surface area (Å²) in [5.74, 6) is 0.624. The Morgan fingerprint density at radius 2 is 2.08 bits per heavy atom. The number of hydrogen-bond donors (Lipinski definition) is 1. The van der Waals surface area contributed by atoms with Crippen LogP contribution in [0.4, 0.5) is 5.95 Å². The molecule has 1 saturated heterocycles. The van der Waals surface area contributed by atoms with Crippen LogP contribution in [0.1, 0.15) is 6.92 Å². The average Bonchev–Trinajstić information content (AvgIpc) is 3.15. The first-order chi connectivity index (χ1) is 11.8. The lowest BCUT2D eigenvalue weighted by Crippen LogP contribution is -2.47. The van der Waals surface area contributed by atoms with E-state index in [0.717, 1.165) is 43.2 Å². The molecule has 7 heteroatoms. The van der Waals surface area contributed by atoms with Crippen LogP contribution in [0.3, 0.4) is 0 Å². The average molecular weight is 341 g/mol. The molecular formula is C17H19N5OS. The Bertz CT molecular complexity index is 897. The molecule has 4 heterocycles. The summed E-state index contributed by atoms with van der Waals surface area (Å²) in [6.45, 7) is 6.94. The first-order valence-electron chi connectivity index (χ1n) is 8.16. The fraction of sp³-hybridized carbons (Fsp3) is 0.353. The van der Waals surface area contributed by atoms with Crippen LogP contribution >= 0.6 is 11.3 Å². The van der Waals surface area contributed by atoms with Gasteiger partial charge < -0.3 is 9.80 Å². The third kappa shape index (κ3) is 2.70. The van der Waals surface area contributed by atoms with Crippen molar-refractivity contribution in [2.75, 3.05) is 37.6 Å². The van der Waals surface area contributed by atoms with Crippen LogP contribution in [-0.4, -0.2) is 52.6 Å². The number of aromatic amines is 1. The molecular weight excluding hydrogens is 322 g/mol. The molecule has 0 saturated carbocycles. The highest BCUT2D eigenvalue weighted by molar-refractivity contribution is 7.13. The summed E-state index contributed by atoms with van der Waals surface area (Å²) in [4.78, 5) is 30.2. The smallest absolute Gasteiger partial charge is 0.262 e. The topological polar surface area (TPSA) is 65.1 Å². The van der Waals surface area contributed by atoms with Gasteiger partial charge in [0, 0.05) is 42.8 Å². The molecule has 0 bridgehead atoms. The van der Waals surface area contributed by atoms with Gasteiger partial charge in [0.1, 0.15) is 0 Å². The number of anilines is 1. The largest absolute Gasteiger partial charge is 0.340 e. The van der Waals surface area contributed by atoms with Gasteiger partial charge in [-0.1, -0.05) is 13.0 Å². The Balaban J connectivity index is 1.75. The maximum absolute atomic E-state index is 12.7. The van der Waals surface area contributed by atoms with Crippen molar-refractivity contribution in [2.45, 2.75) is 6.92 Å². The summed E-state index contributed by atoms with van der Waals surface area (Å²) >= 11 is 1.61. The van der Waals surface area contributed by atoms with E-state index in [1.165, 1.54) is 0 Å². The Kier molecular flexibility index (Phi) is 4.03. The predicted octanol–water partition coefficient (Wildman–Crippen LogP) is 2.19. The van der Waals surface area contributed by atoms with Crippen LogP contribution in [-0.2, 0) is 0 Å². The number of H-pyrrole nitrogens is 1. The SMILES string of the molecule is CCN1CCN(c2nc3nccc(-c4cccs4)c3c(=O)[nH]2)CC1. The number of fused-ring (bicyclic) bond motifs is 1. The summed E-state index contributed by atoms with van der Waals surface area (Å²) in [6.07, 6.45) is 1.72. The van der Waals surface area contributed by atoms with E-state index in [2.05, 4.69) is 31.7 Å². The minimum Gasteiger partial charge on any atom is -0.340 e. The summed E-state index contributed by atoms with van der Waals surface area (Å²) < 4.78 is 0. The van der Waals surface area contributed by atoms with Crippen molar-refractivity contribution >= 4 is 28.3 Å². The predicted molar refractivity (Wildman–Crippen MR) is 97.8 cm³/mol. The van der Waals surface area contributed by atoms with Gasteiger partial charge in [-0.25, -0.2) is 4.98 Å². The Hall–Kier alpha value is -2.25. The highest BCUT2D eigenvalue weighted by Crippen LogP contribution is 2.28. The second-order valence-electron chi connectivity index (χ2n) is 5.85. The molecule has 1 aliphatic heterocycles. The zero-order valence-corrected chi connectivity index (χ0v) is 14.3. The number of rotatable bonds is 3. The quantitative estimate of drug-likeness (QED) is 0.791. The fourth-order valence-electron chi connectivity index (χ4n) is 3.11. The molecule has 0 unspecified atom stereocenters. The Labute approximate surface area is 143 Å². The zero-order chi connectivity index (χ0) is 16.5. The highest BCUT2D eigenvalue weighted by atomic mass is 32.1. The number of likely N-dealkylation sites (N-methyl/N-ethyl adjacent to an activating group) is 1. The van der Waals surface area contributed by atoms with E-state index in [1.807, 2.05) is 23.6 Å². The monoisotopic (exact) mass is 341 g/mol. The molecule has 3 aromatic rings. The number of piperazine rings is 1. The number of thiophene rings is 1. The minimum atomic E-state index is -0.121. The summed E-state index contributed by atoms with van der Waals surface area (Å²) in [6, 6.07) is 5.87. The summed E-state index contributed by atoms with van der Waals surface area (Å²) in [5.41, 5.74) is 1.29. The number of nitrogens with one attached hydrogen (secondary N) is 1. The summed E-state index contributed by atoms with van der Waals surface area (Å²) in [7, 11) is 0. The molecule has 6 nitrogen and oxygen atoms in total. The molecule has 4 rings (SSSR count). The Morgan fingerprint density at radius 1 is 1.25 bits per heavy atom. The van der Waals surface area contributed by atoms with Crippen LogP contribution in [0.5, 0.6) is 0 Å². The van der Waals surface area contributed by atoms with E-state index in [4.69, 9.17) is 0 Å². The van der Waals surface area contributed by atoms with E-state index in [-0.39, 0.29) is 5.56 Å². The van der Waals surface area contributed by atoms with Crippen molar-refractivity contribution in [1.29, 1.82) is 0 Å². The van der Waals surface area contributed by atoms with Crippen molar-refractivity contribution < 1.29 is 0 Å². The van der Waals surface area contributed by atoms with E-state index in [1.54, 1.807) is 17.5 Å². The molecule has 24 heavy (non-hydrogen) atoms. The first-order valence-corrected chi connectivity index (χ1v) is 9.04. The molecule has 124 valence electrons. The van der Waals surface area contributed by atoms with Gasteiger partial charge in [0.15, 0.2) is 5.65 Å². The molecule has 0 atom stereocenters. The number of hydrogen-bond acceptors (Lipinski definition) is 6. The van der Waals surface area contributed by atoms with E-state index in [0.29, 0.717) is 17.0 Å². The lowest BCUT2D eigenvalue weighted by Gasteiger charge is -2.34. The first kappa shape index (κ1) is 15.3. The van der Waals surface area contributed by atoms with Gasteiger partial charge in [-0.15, -0.1) is 11.3 Å². The van der Waals surface area contributed by atoms with E-state index >= 15 is 0 Å². The molecule has 0 radical (unpaired) electrons. The third-order valence-electron chi connectivity index (χ3n) is 4.50. The van der Waals surface area contributed by atoms with Crippen molar-refractivity contribution in [3.63, 3.8) is 0 Å². The highest BCUT2D eigenvalue weighted by Gasteiger charge is 2.19. The maximum atomic E-state index is 12.7. The maximum Gasteiger partial charge on any atom is 0.262 e. The molecule has 0 amide bonds. The van der Waals surface area contributed by atoms with Crippen LogP contribution in [0, 0.1) is 0 Å². The molecule has 3 aromatic heterocycles. The zero-order valence-electron chi connectivity index (χ0n) is 13.5. The van der Waals surface area contributed by atoms with Crippen LogP contribution < -0.4 is 10.5 Å². The molecule has 1 aliphatic rings.